The summed E-state index contributed by atoms with van der Waals surface area (Å²) in [4.78, 5) is 13.9. The minimum Gasteiger partial charge on any atom is -0.508 e. The minimum absolute atomic E-state index is 0.119. The number of nitrogens with zero attached hydrogens (tertiary/aromatic N) is 1. The summed E-state index contributed by atoms with van der Waals surface area (Å²) in [5.74, 6) is 0.366. The molecule has 6 heteroatoms. The molecule has 0 spiro atoms. The fraction of sp³-hybridized carbons (Fsp3) is 0.438. The number of aliphatic hydroxyl groups is 1. The first-order valence-corrected chi connectivity index (χ1v) is 8.11. The molecule has 0 aliphatic carbocycles. The smallest absolute Gasteiger partial charge is 0.347 e. The van der Waals surface area contributed by atoms with Crippen LogP contribution in [0.15, 0.2) is 27.9 Å². The third-order valence-electron chi connectivity index (χ3n) is 3.97. The molecule has 1 saturated heterocycles. The maximum Gasteiger partial charge on any atom is 0.347 e. The zero-order valence-corrected chi connectivity index (χ0v) is 13.3. The highest BCUT2D eigenvalue weighted by Crippen LogP contribution is 2.33. The maximum atomic E-state index is 11.8. The zero-order valence-electron chi connectivity index (χ0n) is 12.5. The van der Waals surface area contributed by atoms with Crippen LogP contribution in [0, 0.1) is 5.92 Å². The van der Waals surface area contributed by atoms with Crippen molar-refractivity contribution in [1.29, 1.82) is 0 Å². The van der Waals surface area contributed by atoms with Gasteiger partial charge in [0.2, 0.25) is 0 Å². The van der Waals surface area contributed by atoms with Crippen molar-refractivity contribution in [1.82, 2.24) is 0 Å². The zero-order chi connectivity index (χ0) is 15.7. The van der Waals surface area contributed by atoms with Crippen LogP contribution in [0.2, 0.25) is 0 Å². The van der Waals surface area contributed by atoms with Crippen molar-refractivity contribution in [2.45, 2.75) is 12.8 Å². The standard InChI is InChI=1S/C16H19NO4S/c1-10(18)12-7-14-13(21-16(12)19)8-15(22-14)17(2)9-11-3-5-20-6-4-11/h7-8,11,18H,1,3-6,9H2,2H3. The molecular formula is C16H19NO4S. The largest absolute Gasteiger partial charge is 0.508 e. The summed E-state index contributed by atoms with van der Waals surface area (Å²) in [5, 5.41) is 10.5. The molecule has 0 atom stereocenters. The van der Waals surface area contributed by atoms with Crippen molar-refractivity contribution in [2.75, 3.05) is 31.7 Å². The van der Waals surface area contributed by atoms with Crippen LogP contribution in [0.4, 0.5) is 5.00 Å². The summed E-state index contributed by atoms with van der Waals surface area (Å²) in [6, 6.07) is 3.52. The Bertz CT molecular complexity index is 742. The number of ether oxygens (including phenoxy) is 1. The molecule has 1 aliphatic rings. The molecule has 5 nitrogen and oxygen atoms in total. The number of aliphatic hydroxyl groups excluding tert-OH is 1. The molecule has 118 valence electrons. The first-order chi connectivity index (χ1) is 10.5. The summed E-state index contributed by atoms with van der Waals surface area (Å²) >= 11 is 1.54. The molecule has 1 N–H and O–H groups in total. The van der Waals surface area contributed by atoms with E-state index < -0.39 is 5.63 Å². The SMILES string of the molecule is C=C(O)c1cc2sc(N(C)CC3CCOCC3)cc2oc1=O. The van der Waals surface area contributed by atoms with Gasteiger partial charge in [-0.05, 0) is 24.8 Å². The number of rotatable bonds is 4. The van der Waals surface area contributed by atoms with Crippen LogP contribution in [0.5, 0.6) is 0 Å². The lowest BCUT2D eigenvalue weighted by molar-refractivity contribution is 0.0685. The highest BCUT2D eigenvalue weighted by molar-refractivity contribution is 7.22. The monoisotopic (exact) mass is 321 g/mol. The topological polar surface area (TPSA) is 62.9 Å². The molecule has 2 aromatic rings. The molecular weight excluding hydrogens is 302 g/mol. The molecule has 1 fully saturated rings. The second-order valence-electron chi connectivity index (χ2n) is 5.64. The van der Waals surface area contributed by atoms with Gasteiger partial charge in [-0.15, -0.1) is 11.3 Å². The van der Waals surface area contributed by atoms with E-state index in [0.29, 0.717) is 11.5 Å². The number of fused-ring (bicyclic) bond motifs is 1. The Morgan fingerprint density at radius 2 is 2.18 bits per heavy atom. The van der Waals surface area contributed by atoms with E-state index in [1.54, 1.807) is 17.4 Å². The average Bonchev–Trinajstić information content (AvgIpc) is 2.90. The van der Waals surface area contributed by atoms with E-state index in [2.05, 4.69) is 11.5 Å². The highest BCUT2D eigenvalue weighted by atomic mass is 32.1. The first-order valence-electron chi connectivity index (χ1n) is 7.29. The fourth-order valence-corrected chi connectivity index (χ4v) is 3.70. The fourth-order valence-electron chi connectivity index (χ4n) is 2.70. The summed E-state index contributed by atoms with van der Waals surface area (Å²) in [6.45, 7) is 6.02. The number of thiophene rings is 1. The van der Waals surface area contributed by atoms with Crippen LogP contribution < -0.4 is 10.5 Å². The second kappa shape index (κ2) is 6.14. The van der Waals surface area contributed by atoms with Crippen LogP contribution >= 0.6 is 11.3 Å². The Hall–Kier alpha value is -1.79. The van der Waals surface area contributed by atoms with Gasteiger partial charge in [-0.25, -0.2) is 4.79 Å². The van der Waals surface area contributed by atoms with E-state index in [9.17, 15) is 9.90 Å². The van der Waals surface area contributed by atoms with E-state index in [1.807, 2.05) is 13.1 Å². The number of hydrogen-bond acceptors (Lipinski definition) is 6. The van der Waals surface area contributed by atoms with E-state index in [0.717, 1.165) is 42.3 Å². The van der Waals surface area contributed by atoms with Gasteiger partial charge < -0.3 is 19.2 Å². The molecule has 0 aromatic carbocycles. The Balaban J connectivity index is 1.84. The first kappa shape index (κ1) is 15.1. The molecule has 0 radical (unpaired) electrons. The predicted octanol–water partition coefficient (Wildman–Crippen LogP) is 3.25. The van der Waals surface area contributed by atoms with E-state index in [4.69, 9.17) is 9.15 Å². The van der Waals surface area contributed by atoms with Crippen molar-refractivity contribution >= 4 is 32.4 Å². The van der Waals surface area contributed by atoms with Crippen LogP contribution in [-0.4, -0.2) is 31.9 Å². The minimum atomic E-state index is -0.559. The van der Waals surface area contributed by atoms with Gasteiger partial charge in [-0.1, -0.05) is 6.58 Å². The summed E-state index contributed by atoms with van der Waals surface area (Å²) < 4.78 is 11.5. The van der Waals surface area contributed by atoms with Crippen LogP contribution in [0.25, 0.3) is 16.0 Å². The van der Waals surface area contributed by atoms with E-state index in [-0.39, 0.29) is 11.3 Å². The van der Waals surface area contributed by atoms with Gasteiger partial charge in [0.1, 0.15) is 11.3 Å². The maximum absolute atomic E-state index is 11.8. The molecule has 3 heterocycles. The molecule has 0 unspecified atom stereocenters. The van der Waals surface area contributed by atoms with Gasteiger partial charge >= 0.3 is 5.63 Å². The highest BCUT2D eigenvalue weighted by Gasteiger charge is 2.18. The normalized spacial score (nSPS) is 16.0. The van der Waals surface area contributed by atoms with Crippen molar-refractivity contribution in [3.63, 3.8) is 0 Å². The Morgan fingerprint density at radius 1 is 1.45 bits per heavy atom. The lowest BCUT2D eigenvalue weighted by atomic mass is 10.00. The van der Waals surface area contributed by atoms with E-state index in [1.165, 1.54) is 0 Å². The van der Waals surface area contributed by atoms with Gasteiger partial charge in [0.25, 0.3) is 0 Å². The third kappa shape index (κ3) is 3.03. The van der Waals surface area contributed by atoms with Gasteiger partial charge in [0.05, 0.1) is 9.70 Å². The third-order valence-corrected chi connectivity index (χ3v) is 5.15. The number of hydrogen-bond donors (Lipinski definition) is 1. The predicted molar refractivity (Wildman–Crippen MR) is 88.8 cm³/mol. The van der Waals surface area contributed by atoms with Crippen LogP contribution in [-0.2, 0) is 4.74 Å². The Morgan fingerprint density at radius 3 is 2.86 bits per heavy atom. The van der Waals surface area contributed by atoms with Gasteiger partial charge in [-0.2, -0.15) is 0 Å². The van der Waals surface area contributed by atoms with Crippen molar-refractivity contribution in [2.24, 2.45) is 5.92 Å². The van der Waals surface area contributed by atoms with Crippen LogP contribution in [0.3, 0.4) is 0 Å². The molecule has 0 amide bonds. The van der Waals surface area contributed by atoms with Gasteiger partial charge in [0, 0.05) is 32.9 Å². The summed E-state index contributed by atoms with van der Waals surface area (Å²) in [7, 11) is 2.05. The summed E-state index contributed by atoms with van der Waals surface area (Å²) in [6.07, 6.45) is 2.16. The van der Waals surface area contributed by atoms with Gasteiger partial charge in [-0.3, -0.25) is 0 Å². The lowest BCUT2D eigenvalue weighted by Crippen LogP contribution is -2.28. The Kier molecular flexibility index (Phi) is 4.22. The van der Waals surface area contributed by atoms with Crippen molar-refractivity contribution < 1.29 is 14.3 Å². The molecule has 1 aliphatic heterocycles. The second-order valence-corrected chi connectivity index (χ2v) is 6.71. The quantitative estimate of drug-likeness (QED) is 0.876. The van der Waals surface area contributed by atoms with Crippen LogP contribution in [0.1, 0.15) is 18.4 Å². The molecule has 0 saturated carbocycles. The average molecular weight is 321 g/mol. The molecule has 0 bridgehead atoms. The Labute approximate surface area is 132 Å². The van der Waals surface area contributed by atoms with Gasteiger partial charge in [0.15, 0.2) is 5.58 Å². The van der Waals surface area contributed by atoms with Crippen molar-refractivity contribution in [3.8, 4) is 0 Å². The molecule has 2 aromatic heterocycles. The number of anilines is 1. The molecule has 3 rings (SSSR count). The molecule has 22 heavy (non-hydrogen) atoms. The summed E-state index contributed by atoms with van der Waals surface area (Å²) in [5.41, 5.74) is 0.109. The lowest BCUT2D eigenvalue weighted by Gasteiger charge is -2.27. The van der Waals surface area contributed by atoms with E-state index >= 15 is 0 Å². The van der Waals surface area contributed by atoms with Crippen molar-refractivity contribution in [3.05, 3.63) is 34.7 Å².